The molecule has 5 rings (SSSR count). The molecule has 1 aliphatic heterocycles. The second-order valence-electron chi connectivity index (χ2n) is 7.07. The van der Waals surface area contributed by atoms with Crippen molar-refractivity contribution in [2.45, 2.75) is 30.7 Å². The van der Waals surface area contributed by atoms with Crippen LogP contribution < -0.4 is 4.90 Å². The van der Waals surface area contributed by atoms with Crippen molar-refractivity contribution >= 4 is 66.3 Å². The fraction of sp³-hybridized carbons (Fsp3) is 0.273. The zero-order valence-corrected chi connectivity index (χ0v) is 20.1. The molecule has 1 atom stereocenters. The van der Waals surface area contributed by atoms with E-state index in [9.17, 15) is 0 Å². The summed E-state index contributed by atoms with van der Waals surface area (Å²) >= 11 is 4.75. The highest BCUT2D eigenvalue weighted by Crippen LogP contribution is 2.43. The van der Waals surface area contributed by atoms with Crippen molar-refractivity contribution in [3.8, 4) is 0 Å². The number of nitrogens with zero attached hydrogens (tertiary/aromatic N) is 7. The first kappa shape index (κ1) is 21.2. The number of azo groups is 2. The lowest BCUT2D eigenvalue weighted by atomic mass is 10.2. The molecule has 0 amide bonds. The van der Waals surface area contributed by atoms with Gasteiger partial charge in [0.25, 0.3) is 0 Å². The number of aromatic nitrogens is 2. The van der Waals surface area contributed by atoms with Gasteiger partial charge in [-0.3, -0.25) is 0 Å². The van der Waals surface area contributed by atoms with E-state index in [-0.39, 0.29) is 5.37 Å². The van der Waals surface area contributed by atoms with Gasteiger partial charge in [-0.2, -0.15) is 5.11 Å². The van der Waals surface area contributed by atoms with Gasteiger partial charge in [0.05, 0.1) is 15.9 Å². The topological polar surface area (TPSA) is 78.5 Å². The van der Waals surface area contributed by atoms with Gasteiger partial charge in [-0.1, -0.05) is 46.6 Å². The number of hydrogen-bond acceptors (Lipinski definition) is 10. The SMILES string of the molecule is CCN(CC)c1ccc(N=Nc2nc3c(s2)CC(N=Nc2nc4ccccc4s2)S3)cc1. The molecule has 0 fully saturated rings. The molecule has 0 N–H and O–H groups in total. The maximum atomic E-state index is 4.62. The minimum Gasteiger partial charge on any atom is -0.372 e. The zero-order chi connectivity index (χ0) is 21.9. The van der Waals surface area contributed by atoms with E-state index in [1.165, 1.54) is 10.6 Å². The van der Waals surface area contributed by atoms with Crippen LogP contribution in [-0.4, -0.2) is 28.4 Å². The average Bonchev–Trinajstić information content (AvgIpc) is 3.50. The minimum absolute atomic E-state index is 0.0365. The number of fused-ring (bicyclic) bond motifs is 2. The Labute approximate surface area is 198 Å². The van der Waals surface area contributed by atoms with E-state index in [0.717, 1.165) is 40.4 Å². The molecule has 32 heavy (non-hydrogen) atoms. The van der Waals surface area contributed by atoms with Crippen LogP contribution in [0.5, 0.6) is 0 Å². The third-order valence-corrected chi connectivity index (χ3v) is 8.15. The third kappa shape index (κ3) is 4.57. The molecule has 162 valence electrons. The summed E-state index contributed by atoms with van der Waals surface area (Å²) in [5.41, 5.74) is 2.99. The van der Waals surface area contributed by atoms with E-state index in [2.05, 4.69) is 61.3 Å². The Balaban J connectivity index is 1.20. The van der Waals surface area contributed by atoms with E-state index >= 15 is 0 Å². The van der Waals surface area contributed by atoms with Crippen LogP contribution >= 0.6 is 34.4 Å². The summed E-state index contributed by atoms with van der Waals surface area (Å²) in [6, 6.07) is 16.2. The van der Waals surface area contributed by atoms with Crippen molar-refractivity contribution in [2.75, 3.05) is 18.0 Å². The van der Waals surface area contributed by atoms with Crippen molar-refractivity contribution in [1.29, 1.82) is 0 Å². The predicted molar refractivity (Wildman–Crippen MR) is 134 cm³/mol. The molecule has 1 aliphatic rings. The predicted octanol–water partition coefficient (Wildman–Crippen LogP) is 7.77. The highest BCUT2D eigenvalue weighted by Gasteiger charge is 2.27. The molecule has 0 radical (unpaired) electrons. The third-order valence-electron chi connectivity index (χ3n) is 5.04. The van der Waals surface area contributed by atoms with Crippen molar-refractivity contribution in [3.05, 3.63) is 53.4 Å². The summed E-state index contributed by atoms with van der Waals surface area (Å²) < 4.78 is 1.12. The molecule has 2 aromatic heterocycles. The van der Waals surface area contributed by atoms with Gasteiger partial charge in [-0.05, 0) is 50.2 Å². The number of anilines is 1. The van der Waals surface area contributed by atoms with Crippen LogP contribution in [0.4, 0.5) is 21.6 Å². The normalized spacial score (nSPS) is 15.9. The summed E-state index contributed by atoms with van der Waals surface area (Å²) in [6.45, 7) is 6.29. The summed E-state index contributed by atoms with van der Waals surface area (Å²) in [5.74, 6) is 0. The second-order valence-corrected chi connectivity index (χ2v) is 10.3. The van der Waals surface area contributed by atoms with Gasteiger partial charge in [0.2, 0.25) is 10.3 Å². The Bertz CT molecular complexity index is 1220. The van der Waals surface area contributed by atoms with Crippen LogP contribution in [-0.2, 0) is 6.42 Å². The van der Waals surface area contributed by atoms with Crippen molar-refractivity contribution in [3.63, 3.8) is 0 Å². The molecule has 0 bridgehead atoms. The van der Waals surface area contributed by atoms with Crippen LogP contribution in [0.3, 0.4) is 0 Å². The highest BCUT2D eigenvalue weighted by molar-refractivity contribution is 8.00. The Kier molecular flexibility index (Phi) is 6.24. The molecule has 7 nitrogen and oxygen atoms in total. The fourth-order valence-electron chi connectivity index (χ4n) is 3.42. The molecule has 0 spiro atoms. The number of hydrogen-bond donors (Lipinski definition) is 0. The largest absolute Gasteiger partial charge is 0.372 e. The van der Waals surface area contributed by atoms with Crippen LogP contribution in [0.2, 0.25) is 0 Å². The van der Waals surface area contributed by atoms with Crippen molar-refractivity contribution in [1.82, 2.24) is 9.97 Å². The number of rotatable bonds is 7. The van der Waals surface area contributed by atoms with E-state index in [4.69, 9.17) is 0 Å². The van der Waals surface area contributed by atoms with Crippen LogP contribution in [0.25, 0.3) is 10.2 Å². The summed E-state index contributed by atoms with van der Waals surface area (Å²) in [6.07, 6.45) is 0.806. The molecule has 10 heteroatoms. The van der Waals surface area contributed by atoms with Gasteiger partial charge >= 0.3 is 0 Å². The van der Waals surface area contributed by atoms with Crippen LogP contribution in [0, 0.1) is 0 Å². The monoisotopic (exact) mass is 479 g/mol. The lowest BCUT2D eigenvalue weighted by Gasteiger charge is -2.20. The molecule has 0 saturated heterocycles. The maximum Gasteiger partial charge on any atom is 0.231 e. The molecular formula is C22H21N7S3. The van der Waals surface area contributed by atoms with Gasteiger partial charge in [0, 0.05) is 30.1 Å². The molecule has 2 aromatic carbocycles. The molecule has 0 saturated carbocycles. The quantitative estimate of drug-likeness (QED) is 0.254. The fourth-order valence-corrected chi connectivity index (χ4v) is 6.41. The first-order valence-corrected chi connectivity index (χ1v) is 12.9. The van der Waals surface area contributed by atoms with E-state index in [1.54, 1.807) is 34.4 Å². The Morgan fingerprint density at radius 1 is 0.906 bits per heavy atom. The Hall–Kier alpha value is -2.69. The molecule has 0 aliphatic carbocycles. The number of thiazole rings is 2. The molecule has 1 unspecified atom stereocenters. The van der Waals surface area contributed by atoms with Gasteiger partial charge in [-0.25, -0.2) is 9.97 Å². The lowest BCUT2D eigenvalue weighted by Crippen LogP contribution is -2.21. The Morgan fingerprint density at radius 3 is 2.44 bits per heavy atom. The van der Waals surface area contributed by atoms with Gasteiger partial charge in [-0.15, -0.1) is 15.3 Å². The minimum atomic E-state index is 0.0365. The standard InChI is InChI=1S/C22H21N7S3/c1-3-29(4-2)15-11-9-14(10-12-15)25-27-22-24-20-18(31-22)13-19(32-20)26-28-21-23-16-7-5-6-8-17(16)30-21/h5-12,19H,3-4,13H2,1-2H3. The van der Waals surface area contributed by atoms with Crippen molar-refractivity contribution in [2.24, 2.45) is 20.5 Å². The smallest absolute Gasteiger partial charge is 0.231 e. The van der Waals surface area contributed by atoms with Gasteiger partial charge < -0.3 is 4.90 Å². The summed E-state index contributed by atoms with van der Waals surface area (Å²) in [4.78, 5) is 12.6. The summed E-state index contributed by atoms with van der Waals surface area (Å²) in [5, 5.41) is 19.9. The number of benzene rings is 2. The van der Waals surface area contributed by atoms with E-state index in [1.807, 2.05) is 36.4 Å². The number of thioether (sulfide) groups is 1. The number of para-hydroxylation sites is 1. The van der Waals surface area contributed by atoms with Crippen molar-refractivity contribution < 1.29 is 0 Å². The Morgan fingerprint density at radius 2 is 1.69 bits per heavy atom. The highest BCUT2D eigenvalue weighted by atomic mass is 32.2. The molecule has 4 aromatic rings. The van der Waals surface area contributed by atoms with Crippen LogP contribution in [0.1, 0.15) is 18.7 Å². The second kappa shape index (κ2) is 9.43. The van der Waals surface area contributed by atoms with Gasteiger partial charge in [0.1, 0.15) is 10.4 Å². The first-order chi connectivity index (χ1) is 15.7. The first-order valence-electron chi connectivity index (χ1n) is 10.4. The van der Waals surface area contributed by atoms with E-state index in [0.29, 0.717) is 10.3 Å². The van der Waals surface area contributed by atoms with Crippen LogP contribution in [0.15, 0.2) is 74.0 Å². The average molecular weight is 480 g/mol. The van der Waals surface area contributed by atoms with Gasteiger partial charge in [0.15, 0.2) is 0 Å². The maximum absolute atomic E-state index is 4.62. The zero-order valence-electron chi connectivity index (χ0n) is 17.7. The van der Waals surface area contributed by atoms with E-state index < -0.39 is 0 Å². The molecular weight excluding hydrogens is 458 g/mol. The summed E-state index contributed by atoms with van der Waals surface area (Å²) in [7, 11) is 0. The molecule has 3 heterocycles. The lowest BCUT2D eigenvalue weighted by molar-refractivity contribution is 0.866.